The fourth-order valence-corrected chi connectivity index (χ4v) is 3.36. The normalized spacial score (nSPS) is 11.6. The average Bonchev–Trinajstić information content (AvgIpc) is 3.12. The molecule has 0 atom stereocenters. The van der Waals surface area contributed by atoms with Crippen molar-refractivity contribution in [3.05, 3.63) is 56.5 Å². The molecule has 0 aliphatic rings. The van der Waals surface area contributed by atoms with E-state index in [2.05, 4.69) is 4.98 Å². The molecule has 0 unspecified atom stereocenters. The number of hydrogen-bond donors (Lipinski definition) is 0. The predicted octanol–water partition coefficient (Wildman–Crippen LogP) is 1.30. The van der Waals surface area contributed by atoms with Crippen LogP contribution in [0.4, 0.5) is 0 Å². The van der Waals surface area contributed by atoms with Gasteiger partial charge in [0.15, 0.2) is 11.2 Å². The van der Waals surface area contributed by atoms with Crippen molar-refractivity contribution >= 4 is 16.9 Å². The summed E-state index contributed by atoms with van der Waals surface area (Å²) in [4.78, 5) is 29.5. The number of ether oxygens (including phenoxy) is 1. The minimum Gasteiger partial charge on any atom is -0.495 e. The molecule has 0 bridgehead atoms. The fraction of sp³-hybridized carbons (Fsp3) is 0.278. The number of fused-ring (bicyclic) bond motifs is 3. The predicted molar refractivity (Wildman–Crippen MR) is 98.5 cm³/mol. The van der Waals surface area contributed by atoms with E-state index in [1.165, 1.54) is 11.6 Å². The third-order valence-corrected chi connectivity index (χ3v) is 4.72. The molecule has 0 spiro atoms. The van der Waals surface area contributed by atoms with E-state index >= 15 is 0 Å². The molecular formula is C18H19N5O3. The zero-order valence-corrected chi connectivity index (χ0v) is 15.3. The van der Waals surface area contributed by atoms with Gasteiger partial charge >= 0.3 is 5.69 Å². The Hall–Kier alpha value is -3.29. The molecule has 1 aromatic carbocycles. The highest BCUT2D eigenvalue weighted by Gasteiger charge is 2.21. The van der Waals surface area contributed by atoms with E-state index in [-0.39, 0.29) is 5.56 Å². The molecule has 0 fully saturated rings. The monoisotopic (exact) mass is 353 g/mol. The number of imidazole rings is 2. The van der Waals surface area contributed by atoms with E-state index in [1.807, 2.05) is 42.8 Å². The second-order valence-corrected chi connectivity index (χ2v) is 6.44. The van der Waals surface area contributed by atoms with Crippen molar-refractivity contribution < 1.29 is 4.74 Å². The third kappa shape index (κ3) is 1.98. The van der Waals surface area contributed by atoms with Gasteiger partial charge in [-0.15, -0.1) is 0 Å². The third-order valence-electron chi connectivity index (χ3n) is 4.72. The highest BCUT2D eigenvalue weighted by molar-refractivity contribution is 5.76. The topological polar surface area (TPSA) is 75.5 Å². The smallest absolute Gasteiger partial charge is 0.332 e. The summed E-state index contributed by atoms with van der Waals surface area (Å²) in [5, 5.41) is 0. The van der Waals surface area contributed by atoms with E-state index in [1.54, 1.807) is 18.6 Å². The van der Waals surface area contributed by atoms with E-state index in [4.69, 9.17) is 4.74 Å². The van der Waals surface area contributed by atoms with E-state index in [9.17, 15) is 9.59 Å². The zero-order valence-electron chi connectivity index (χ0n) is 15.3. The minimum atomic E-state index is -0.403. The Morgan fingerprint density at radius 2 is 1.81 bits per heavy atom. The highest BCUT2D eigenvalue weighted by Crippen LogP contribution is 2.28. The van der Waals surface area contributed by atoms with Crippen LogP contribution in [0.5, 0.6) is 5.75 Å². The van der Waals surface area contributed by atoms with Crippen molar-refractivity contribution in [3.63, 3.8) is 0 Å². The minimum absolute atomic E-state index is 0.355. The van der Waals surface area contributed by atoms with Gasteiger partial charge in [0.05, 0.1) is 12.8 Å². The lowest BCUT2D eigenvalue weighted by molar-refractivity contribution is 0.413. The van der Waals surface area contributed by atoms with Gasteiger partial charge in [-0.25, -0.2) is 4.79 Å². The zero-order chi connectivity index (χ0) is 18.7. The van der Waals surface area contributed by atoms with Crippen molar-refractivity contribution in [2.45, 2.75) is 13.8 Å². The highest BCUT2D eigenvalue weighted by atomic mass is 16.5. The largest absolute Gasteiger partial charge is 0.495 e. The molecule has 0 aliphatic heterocycles. The standard InChI is InChI=1S/C18H19N5O3/c1-10-6-7-13(26-5)12(8-10)23-11(2)9-22-14-15(19-17(22)23)20(3)18(25)21(4)16(14)24/h6-9H,1-5H3. The van der Waals surface area contributed by atoms with Crippen molar-refractivity contribution in [1.29, 1.82) is 0 Å². The van der Waals surface area contributed by atoms with Gasteiger partial charge in [-0.1, -0.05) is 6.07 Å². The number of rotatable bonds is 2. The number of nitrogens with zero attached hydrogens (tertiary/aromatic N) is 5. The summed E-state index contributed by atoms with van der Waals surface area (Å²) in [7, 11) is 4.70. The molecule has 134 valence electrons. The fourth-order valence-electron chi connectivity index (χ4n) is 3.36. The first kappa shape index (κ1) is 16.2. The molecule has 4 rings (SSSR count). The van der Waals surface area contributed by atoms with Crippen molar-refractivity contribution in [2.24, 2.45) is 14.1 Å². The lowest BCUT2D eigenvalue weighted by Gasteiger charge is -2.12. The molecule has 3 heterocycles. The Labute approximate surface area is 148 Å². The van der Waals surface area contributed by atoms with Gasteiger partial charge < -0.3 is 4.74 Å². The van der Waals surface area contributed by atoms with Crippen LogP contribution in [0.3, 0.4) is 0 Å². The van der Waals surface area contributed by atoms with Gasteiger partial charge in [-0.3, -0.25) is 22.9 Å². The number of methoxy groups -OCH3 is 1. The molecular weight excluding hydrogens is 334 g/mol. The van der Waals surface area contributed by atoms with Crippen LogP contribution in [0, 0.1) is 13.8 Å². The summed E-state index contributed by atoms with van der Waals surface area (Å²) in [5.41, 5.74) is 2.76. The molecule has 0 saturated carbocycles. The van der Waals surface area contributed by atoms with Gasteiger partial charge in [0.2, 0.25) is 5.78 Å². The average molecular weight is 353 g/mol. The van der Waals surface area contributed by atoms with Crippen LogP contribution in [0.2, 0.25) is 0 Å². The summed E-state index contributed by atoms with van der Waals surface area (Å²) in [5.74, 6) is 1.25. The summed E-state index contributed by atoms with van der Waals surface area (Å²) in [6.45, 7) is 3.94. The molecule has 0 amide bonds. The van der Waals surface area contributed by atoms with E-state index in [0.29, 0.717) is 22.7 Å². The van der Waals surface area contributed by atoms with Crippen LogP contribution in [-0.2, 0) is 14.1 Å². The summed E-state index contributed by atoms with van der Waals surface area (Å²) in [6, 6.07) is 5.88. The van der Waals surface area contributed by atoms with Crippen LogP contribution >= 0.6 is 0 Å². The van der Waals surface area contributed by atoms with Crippen molar-refractivity contribution in [1.82, 2.24) is 23.1 Å². The Balaban J connectivity index is 2.20. The van der Waals surface area contributed by atoms with E-state index in [0.717, 1.165) is 21.5 Å². The molecule has 4 aromatic rings. The first-order chi connectivity index (χ1) is 12.3. The SMILES string of the molecule is COc1ccc(C)cc1-n1c(C)cn2c3c(=O)n(C)c(=O)n(C)c3nc12. The molecule has 8 heteroatoms. The lowest BCUT2D eigenvalue weighted by atomic mass is 10.2. The van der Waals surface area contributed by atoms with Crippen molar-refractivity contribution in [2.75, 3.05) is 7.11 Å². The maximum Gasteiger partial charge on any atom is 0.332 e. The van der Waals surface area contributed by atoms with Crippen molar-refractivity contribution in [3.8, 4) is 11.4 Å². The quantitative estimate of drug-likeness (QED) is 0.544. The van der Waals surface area contributed by atoms with Gasteiger partial charge in [0.1, 0.15) is 5.75 Å². The van der Waals surface area contributed by atoms with Gasteiger partial charge in [-0.2, -0.15) is 4.98 Å². The number of aromatic nitrogens is 5. The number of benzene rings is 1. The number of aryl methyl sites for hydroxylation is 3. The molecule has 0 aliphatic carbocycles. The maximum absolute atomic E-state index is 12.7. The van der Waals surface area contributed by atoms with E-state index < -0.39 is 5.69 Å². The van der Waals surface area contributed by atoms with Gasteiger partial charge in [0, 0.05) is 26.0 Å². The van der Waals surface area contributed by atoms with Crippen LogP contribution in [0.1, 0.15) is 11.3 Å². The molecule has 3 aromatic heterocycles. The second kappa shape index (κ2) is 5.35. The maximum atomic E-state index is 12.7. The first-order valence-electron chi connectivity index (χ1n) is 8.16. The number of hydrogen-bond acceptors (Lipinski definition) is 4. The molecule has 8 nitrogen and oxygen atoms in total. The molecule has 0 saturated heterocycles. The first-order valence-corrected chi connectivity index (χ1v) is 8.16. The molecule has 0 radical (unpaired) electrons. The Bertz CT molecular complexity index is 1300. The van der Waals surface area contributed by atoms with Crippen LogP contribution in [-0.4, -0.2) is 30.2 Å². The molecule has 0 N–H and O–H groups in total. The Kier molecular flexibility index (Phi) is 3.33. The summed E-state index contributed by atoms with van der Waals surface area (Å²) < 4.78 is 11.6. The van der Waals surface area contributed by atoms with Gasteiger partial charge in [-0.05, 0) is 31.5 Å². The summed E-state index contributed by atoms with van der Waals surface area (Å²) in [6.07, 6.45) is 1.85. The lowest BCUT2D eigenvalue weighted by Crippen LogP contribution is -2.37. The van der Waals surface area contributed by atoms with Crippen LogP contribution < -0.4 is 16.0 Å². The Morgan fingerprint density at radius 1 is 1.08 bits per heavy atom. The summed E-state index contributed by atoms with van der Waals surface area (Å²) >= 11 is 0. The second-order valence-electron chi connectivity index (χ2n) is 6.44. The van der Waals surface area contributed by atoms with Crippen LogP contribution in [0.25, 0.3) is 22.6 Å². The van der Waals surface area contributed by atoms with Gasteiger partial charge in [0.25, 0.3) is 5.56 Å². The van der Waals surface area contributed by atoms with Crippen LogP contribution in [0.15, 0.2) is 34.0 Å². The molecule has 26 heavy (non-hydrogen) atoms. The Morgan fingerprint density at radius 3 is 2.50 bits per heavy atom.